The molecule has 0 radical (unpaired) electrons. The predicted octanol–water partition coefficient (Wildman–Crippen LogP) is 3.83. The van der Waals surface area contributed by atoms with E-state index in [1.807, 2.05) is 54.6 Å². The predicted molar refractivity (Wildman–Crippen MR) is 126 cm³/mol. The Labute approximate surface area is 198 Å². The minimum atomic E-state index is -3.98. The summed E-state index contributed by atoms with van der Waals surface area (Å²) in [6, 6.07) is 21.0. The molecule has 0 N–H and O–H groups in total. The number of hydrogen-bond acceptors (Lipinski definition) is 5. The molecule has 3 aromatic carbocycles. The Hall–Kier alpha value is -3.56. The average Bonchev–Trinajstić information content (AvgIpc) is 3.30. The number of sulfonamides is 1. The van der Waals surface area contributed by atoms with Gasteiger partial charge in [0.25, 0.3) is 5.91 Å². The topological polar surface area (TPSA) is 79.3 Å². The second-order valence-electron chi connectivity index (χ2n) is 7.86. The molecular formula is C25H24FN3O4S. The smallest absolute Gasteiger partial charge is 0.258 e. The van der Waals surface area contributed by atoms with Crippen LogP contribution in [0, 0.1) is 5.82 Å². The minimum absolute atomic E-state index is 0.0918. The summed E-state index contributed by atoms with van der Waals surface area (Å²) in [6.07, 6.45) is 0.483. The first-order valence-electron chi connectivity index (χ1n) is 10.6. The number of halogens is 1. The first-order valence-corrected chi connectivity index (χ1v) is 12.0. The van der Waals surface area contributed by atoms with Gasteiger partial charge in [-0.1, -0.05) is 42.5 Å². The zero-order valence-corrected chi connectivity index (χ0v) is 19.6. The number of rotatable bonds is 7. The average molecular weight is 482 g/mol. The Bertz CT molecular complexity index is 1290. The molecule has 7 nitrogen and oxygen atoms in total. The zero-order chi connectivity index (χ0) is 24.3. The molecule has 176 valence electrons. The monoisotopic (exact) mass is 481 g/mol. The van der Waals surface area contributed by atoms with Gasteiger partial charge in [-0.2, -0.15) is 9.41 Å². The van der Waals surface area contributed by atoms with Crippen LogP contribution in [0.2, 0.25) is 0 Å². The van der Waals surface area contributed by atoms with Crippen LogP contribution in [0.4, 0.5) is 4.39 Å². The van der Waals surface area contributed by atoms with E-state index >= 15 is 0 Å². The molecule has 0 spiro atoms. The van der Waals surface area contributed by atoms with Gasteiger partial charge in [0.15, 0.2) is 0 Å². The lowest BCUT2D eigenvalue weighted by atomic mass is 9.98. The number of hydrazone groups is 1. The first kappa shape index (κ1) is 23.6. The van der Waals surface area contributed by atoms with Crippen molar-refractivity contribution in [2.45, 2.75) is 17.4 Å². The summed E-state index contributed by atoms with van der Waals surface area (Å²) in [4.78, 5) is 13.2. The van der Waals surface area contributed by atoms with Gasteiger partial charge in [0.1, 0.15) is 11.6 Å². The van der Waals surface area contributed by atoms with Crippen LogP contribution in [0.5, 0.6) is 5.75 Å². The van der Waals surface area contributed by atoms with Crippen LogP contribution < -0.4 is 4.74 Å². The number of ether oxygens (including phenoxy) is 1. The summed E-state index contributed by atoms with van der Waals surface area (Å²) in [6.45, 7) is -0.419. The van der Waals surface area contributed by atoms with Crippen molar-refractivity contribution in [1.82, 2.24) is 9.31 Å². The van der Waals surface area contributed by atoms with Gasteiger partial charge in [-0.05, 0) is 47.5 Å². The summed E-state index contributed by atoms with van der Waals surface area (Å²) >= 11 is 0. The van der Waals surface area contributed by atoms with E-state index in [4.69, 9.17) is 4.74 Å². The van der Waals surface area contributed by atoms with E-state index in [0.717, 1.165) is 33.3 Å². The van der Waals surface area contributed by atoms with Crippen molar-refractivity contribution in [2.24, 2.45) is 5.10 Å². The zero-order valence-electron chi connectivity index (χ0n) is 18.8. The van der Waals surface area contributed by atoms with Crippen molar-refractivity contribution in [3.05, 3.63) is 95.8 Å². The molecule has 0 fully saturated rings. The standard InChI is InChI=1S/C25H24FN3O4S/c1-28(34(31,32)22-14-10-20(26)11-15-22)17-25(30)29-24(19-8-12-21(33-2)13-9-19)16-23(27-29)18-6-4-3-5-7-18/h3-15,24H,16-17H2,1-2H3/t24-/m0/s1. The fourth-order valence-electron chi connectivity index (χ4n) is 3.77. The van der Waals surface area contributed by atoms with Crippen LogP contribution in [0.1, 0.15) is 23.6 Å². The van der Waals surface area contributed by atoms with Crippen LogP contribution in [0.15, 0.2) is 88.9 Å². The highest BCUT2D eigenvalue weighted by Crippen LogP contribution is 2.34. The quantitative estimate of drug-likeness (QED) is 0.514. The summed E-state index contributed by atoms with van der Waals surface area (Å²) in [5, 5.41) is 5.92. The summed E-state index contributed by atoms with van der Waals surface area (Å²) in [7, 11) is -1.09. The summed E-state index contributed by atoms with van der Waals surface area (Å²) in [5.74, 6) is -0.325. The summed E-state index contributed by atoms with van der Waals surface area (Å²) in [5.41, 5.74) is 2.48. The van der Waals surface area contributed by atoms with E-state index < -0.39 is 34.3 Å². The van der Waals surface area contributed by atoms with Gasteiger partial charge in [-0.25, -0.2) is 17.8 Å². The fourth-order valence-corrected chi connectivity index (χ4v) is 4.89. The van der Waals surface area contributed by atoms with Crippen molar-refractivity contribution < 1.29 is 22.3 Å². The summed E-state index contributed by atoms with van der Waals surface area (Å²) < 4.78 is 45.2. The number of benzene rings is 3. The minimum Gasteiger partial charge on any atom is -0.497 e. The van der Waals surface area contributed by atoms with Crippen molar-refractivity contribution in [3.8, 4) is 5.75 Å². The fraction of sp³-hybridized carbons (Fsp3) is 0.200. The number of likely N-dealkylation sites (N-methyl/N-ethyl adjacent to an activating group) is 1. The van der Waals surface area contributed by atoms with Crippen LogP contribution in [0.3, 0.4) is 0 Å². The second-order valence-corrected chi connectivity index (χ2v) is 9.90. The molecule has 0 bridgehead atoms. The Balaban J connectivity index is 1.61. The molecule has 1 heterocycles. The molecule has 0 aromatic heterocycles. The maximum absolute atomic E-state index is 13.3. The maximum atomic E-state index is 13.3. The molecule has 3 aromatic rings. The Kier molecular flexibility index (Phi) is 6.76. The van der Waals surface area contributed by atoms with Crippen LogP contribution >= 0.6 is 0 Å². The number of carbonyl (C=O) groups is 1. The molecule has 1 aliphatic heterocycles. The molecule has 1 atom stereocenters. The number of carbonyl (C=O) groups excluding carboxylic acids is 1. The van der Waals surface area contributed by atoms with Crippen molar-refractivity contribution in [1.29, 1.82) is 0 Å². The molecule has 0 saturated heterocycles. The Morgan fingerprint density at radius 3 is 2.32 bits per heavy atom. The lowest BCUT2D eigenvalue weighted by Gasteiger charge is -2.24. The van der Waals surface area contributed by atoms with E-state index in [2.05, 4.69) is 5.10 Å². The van der Waals surface area contributed by atoms with Gasteiger partial charge in [0.05, 0.1) is 30.3 Å². The Morgan fingerprint density at radius 1 is 1.06 bits per heavy atom. The maximum Gasteiger partial charge on any atom is 0.258 e. The van der Waals surface area contributed by atoms with Gasteiger partial charge in [0.2, 0.25) is 10.0 Å². The third kappa shape index (κ3) is 4.85. The van der Waals surface area contributed by atoms with Crippen molar-refractivity contribution >= 4 is 21.6 Å². The highest BCUT2D eigenvalue weighted by Gasteiger charge is 2.35. The van der Waals surface area contributed by atoms with Crippen LogP contribution in [-0.2, 0) is 14.8 Å². The molecule has 34 heavy (non-hydrogen) atoms. The largest absolute Gasteiger partial charge is 0.497 e. The molecular weight excluding hydrogens is 457 g/mol. The van der Waals surface area contributed by atoms with Crippen LogP contribution in [-0.4, -0.2) is 50.1 Å². The van der Waals surface area contributed by atoms with Crippen molar-refractivity contribution in [2.75, 3.05) is 20.7 Å². The first-order chi connectivity index (χ1) is 16.3. The number of amides is 1. The molecule has 0 unspecified atom stereocenters. The molecule has 0 saturated carbocycles. The SMILES string of the molecule is COc1ccc([C@@H]2CC(c3ccccc3)=NN2C(=O)CN(C)S(=O)(=O)c2ccc(F)cc2)cc1. The van der Waals surface area contributed by atoms with Gasteiger partial charge in [-0.3, -0.25) is 4.79 Å². The van der Waals surface area contributed by atoms with Crippen molar-refractivity contribution in [3.63, 3.8) is 0 Å². The molecule has 0 aliphatic carbocycles. The normalized spacial score (nSPS) is 15.9. The second kappa shape index (κ2) is 9.74. The highest BCUT2D eigenvalue weighted by molar-refractivity contribution is 7.89. The lowest BCUT2D eigenvalue weighted by molar-refractivity contribution is -0.133. The highest BCUT2D eigenvalue weighted by atomic mass is 32.2. The van der Waals surface area contributed by atoms with E-state index in [0.29, 0.717) is 12.2 Å². The van der Waals surface area contributed by atoms with Gasteiger partial charge in [-0.15, -0.1) is 0 Å². The number of hydrogen-bond donors (Lipinski definition) is 0. The van der Waals surface area contributed by atoms with Crippen LogP contribution in [0.25, 0.3) is 0 Å². The van der Waals surface area contributed by atoms with Gasteiger partial charge in [0, 0.05) is 13.5 Å². The van der Waals surface area contributed by atoms with E-state index in [1.165, 1.54) is 24.2 Å². The molecule has 1 amide bonds. The molecule has 9 heteroatoms. The third-order valence-electron chi connectivity index (χ3n) is 5.65. The third-order valence-corrected chi connectivity index (χ3v) is 7.47. The van der Waals surface area contributed by atoms with Gasteiger partial charge >= 0.3 is 0 Å². The molecule has 4 rings (SSSR count). The Morgan fingerprint density at radius 2 is 1.71 bits per heavy atom. The van der Waals surface area contributed by atoms with Gasteiger partial charge < -0.3 is 4.74 Å². The number of methoxy groups -OCH3 is 1. The van der Waals surface area contributed by atoms with E-state index in [1.54, 1.807) is 7.11 Å². The lowest BCUT2D eigenvalue weighted by Crippen LogP contribution is -2.39. The van der Waals surface area contributed by atoms with E-state index in [-0.39, 0.29) is 4.90 Å². The number of nitrogens with zero attached hydrogens (tertiary/aromatic N) is 3. The van der Waals surface area contributed by atoms with E-state index in [9.17, 15) is 17.6 Å². The molecule has 1 aliphatic rings.